The monoisotopic (exact) mass is 124 g/mol. The molecule has 0 aliphatic heterocycles. The van der Waals surface area contributed by atoms with Gasteiger partial charge >= 0.3 is 0 Å². The van der Waals surface area contributed by atoms with E-state index >= 15 is 0 Å². The smallest absolute Gasteiger partial charge is 0.225 e. The third kappa shape index (κ3) is 7.08. The molecule has 2 radical (unpaired) electrons. The average molecular weight is 124 g/mol. The maximum atomic E-state index is 9.61. The van der Waals surface area contributed by atoms with E-state index in [9.17, 15) is 9.59 Å². The van der Waals surface area contributed by atoms with E-state index in [0.717, 1.165) is 12.8 Å². The van der Waals surface area contributed by atoms with Crippen molar-refractivity contribution in [1.29, 1.82) is 0 Å². The van der Waals surface area contributed by atoms with Crippen LogP contribution in [0.4, 0.5) is 0 Å². The Bertz CT molecular complexity index is 105. The topological polar surface area (TPSA) is 34.1 Å². The van der Waals surface area contributed by atoms with Crippen molar-refractivity contribution in [2.75, 3.05) is 0 Å². The Morgan fingerprint density at radius 1 is 1.33 bits per heavy atom. The van der Waals surface area contributed by atoms with E-state index in [-0.39, 0.29) is 0 Å². The molecule has 0 rings (SSSR count). The van der Waals surface area contributed by atoms with Crippen LogP contribution in [0.5, 0.6) is 0 Å². The van der Waals surface area contributed by atoms with Crippen LogP contribution < -0.4 is 0 Å². The quantitative estimate of drug-likeness (QED) is 0.403. The highest BCUT2D eigenvalue weighted by molar-refractivity contribution is 5.65. The first-order valence-corrected chi connectivity index (χ1v) is 2.79. The van der Waals surface area contributed by atoms with Crippen molar-refractivity contribution in [1.82, 2.24) is 0 Å². The van der Waals surface area contributed by atoms with E-state index < -0.39 is 0 Å². The van der Waals surface area contributed by atoms with Gasteiger partial charge in [0, 0.05) is 6.42 Å². The van der Waals surface area contributed by atoms with Gasteiger partial charge in [0.15, 0.2) is 6.29 Å². The number of carbonyl (C=O) groups excluding carboxylic acids is 2. The van der Waals surface area contributed by atoms with Gasteiger partial charge in [0.1, 0.15) is 0 Å². The molecule has 0 aromatic carbocycles. The molecule has 0 aliphatic carbocycles. The number of allylic oxidation sites excluding steroid dienone is 2. The summed E-state index contributed by atoms with van der Waals surface area (Å²) in [5, 5.41) is 0. The first-order chi connectivity index (χ1) is 4.41. The number of unbranched alkanes of at least 4 members (excludes halogenated alkanes) is 2. The summed E-state index contributed by atoms with van der Waals surface area (Å²) in [7, 11) is 0. The molecule has 0 aromatic rings. The van der Waals surface area contributed by atoms with Gasteiger partial charge in [-0.15, -0.1) is 0 Å². The Hall–Kier alpha value is -0.920. The van der Waals surface area contributed by atoms with E-state index in [2.05, 4.69) is 0 Å². The van der Waals surface area contributed by atoms with Crippen LogP contribution in [0.3, 0.4) is 0 Å². The minimum Gasteiger partial charge on any atom is -0.291 e. The molecule has 0 saturated heterocycles. The van der Waals surface area contributed by atoms with Crippen LogP contribution in [0.15, 0.2) is 12.2 Å². The van der Waals surface area contributed by atoms with Crippen LogP contribution in [-0.2, 0) is 9.59 Å². The molecular weight excluding hydrogens is 116 g/mol. The maximum Gasteiger partial charge on any atom is 0.225 e. The minimum absolute atomic E-state index is 0.448. The first kappa shape index (κ1) is 8.08. The molecular formula is C7H8O2. The Labute approximate surface area is 54.6 Å². The average Bonchev–Trinajstić information content (AvgIpc) is 1.89. The molecule has 0 spiro atoms. The van der Waals surface area contributed by atoms with Crippen LogP contribution in [0.2, 0.25) is 0 Å². The van der Waals surface area contributed by atoms with Gasteiger partial charge in [-0.2, -0.15) is 0 Å². The van der Waals surface area contributed by atoms with Gasteiger partial charge < -0.3 is 0 Å². The summed E-state index contributed by atoms with van der Waals surface area (Å²) < 4.78 is 0. The normalized spacial score (nSPS) is 9.78. The van der Waals surface area contributed by atoms with Crippen LogP contribution in [0, 0.1) is 0 Å². The molecule has 0 aromatic heterocycles. The van der Waals surface area contributed by atoms with Gasteiger partial charge in [-0.05, 0) is 18.9 Å². The predicted octanol–water partition coefficient (Wildman–Crippen LogP) is 0.932. The summed E-state index contributed by atoms with van der Waals surface area (Å²) in [6.45, 7) is 0. The molecule has 0 bridgehead atoms. The Morgan fingerprint density at radius 3 is 2.67 bits per heavy atom. The van der Waals surface area contributed by atoms with Crippen molar-refractivity contribution >= 4 is 12.6 Å². The largest absolute Gasteiger partial charge is 0.291 e. The van der Waals surface area contributed by atoms with Gasteiger partial charge in [-0.3, -0.25) is 9.59 Å². The lowest BCUT2D eigenvalue weighted by molar-refractivity contribution is 0.549. The third-order valence-corrected chi connectivity index (χ3v) is 0.836. The fraction of sp³-hybridized carbons (Fsp3) is 0.429. The van der Waals surface area contributed by atoms with Crippen LogP contribution in [0.25, 0.3) is 0 Å². The van der Waals surface area contributed by atoms with Gasteiger partial charge in [-0.25, -0.2) is 0 Å². The van der Waals surface area contributed by atoms with Gasteiger partial charge in [0.25, 0.3) is 0 Å². The molecule has 2 heteroatoms. The maximum absolute atomic E-state index is 9.61. The molecule has 9 heavy (non-hydrogen) atoms. The summed E-state index contributed by atoms with van der Waals surface area (Å²) in [4.78, 5) is 19.2. The van der Waals surface area contributed by atoms with Crippen molar-refractivity contribution in [2.45, 2.75) is 19.3 Å². The summed E-state index contributed by atoms with van der Waals surface area (Å²) in [6, 6.07) is 0. The van der Waals surface area contributed by atoms with E-state index in [1.165, 1.54) is 6.08 Å². The van der Waals surface area contributed by atoms with E-state index in [1.54, 1.807) is 18.6 Å². The number of hydrogen-bond acceptors (Lipinski definition) is 2. The Balaban J connectivity index is 2.98. The number of hydrogen-bond donors (Lipinski definition) is 0. The van der Waals surface area contributed by atoms with Crippen LogP contribution in [-0.4, -0.2) is 12.6 Å². The zero-order chi connectivity index (χ0) is 6.95. The molecule has 0 aliphatic rings. The Morgan fingerprint density at radius 2 is 2.11 bits per heavy atom. The molecule has 0 heterocycles. The zero-order valence-corrected chi connectivity index (χ0v) is 5.09. The van der Waals surface area contributed by atoms with Crippen LogP contribution >= 0.6 is 0 Å². The lowest BCUT2D eigenvalue weighted by atomic mass is 10.2. The predicted molar refractivity (Wildman–Crippen MR) is 34.4 cm³/mol. The molecule has 0 amide bonds. The summed E-state index contributed by atoms with van der Waals surface area (Å²) >= 11 is 0. The second-order valence-electron chi connectivity index (χ2n) is 1.56. The van der Waals surface area contributed by atoms with Gasteiger partial charge in [-0.1, -0.05) is 6.08 Å². The Kier molecular flexibility index (Phi) is 6.36. The molecule has 0 N–H and O–H groups in total. The van der Waals surface area contributed by atoms with Gasteiger partial charge in [0.05, 0.1) is 0 Å². The highest BCUT2D eigenvalue weighted by atomic mass is 16.1. The second-order valence-corrected chi connectivity index (χ2v) is 1.56. The lowest BCUT2D eigenvalue weighted by Gasteiger charge is -1.82. The SMILES string of the molecule is O=[C]/C=C/CCC[C]=O. The molecule has 48 valence electrons. The van der Waals surface area contributed by atoms with Crippen molar-refractivity contribution in [3.05, 3.63) is 12.2 Å². The molecule has 2 nitrogen and oxygen atoms in total. The highest BCUT2D eigenvalue weighted by Crippen LogP contribution is 1.92. The first-order valence-electron chi connectivity index (χ1n) is 2.79. The van der Waals surface area contributed by atoms with Crippen molar-refractivity contribution in [2.24, 2.45) is 0 Å². The van der Waals surface area contributed by atoms with Crippen LogP contribution in [0.1, 0.15) is 19.3 Å². The molecule has 0 saturated carbocycles. The third-order valence-electron chi connectivity index (χ3n) is 0.836. The van der Waals surface area contributed by atoms with E-state index in [4.69, 9.17) is 0 Å². The fourth-order valence-corrected chi connectivity index (χ4v) is 0.424. The van der Waals surface area contributed by atoms with Crippen molar-refractivity contribution in [3.63, 3.8) is 0 Å². The van der Waals surface area contributed by atoms with Crippen molar-refractivity contribution in [3.8, 4) is 0 Å². The second kappa shape index (κ2) is 7.08. The summed E-state index contributed by atoms with van der Waals surface area (Å²) in [5.41, 5.74) is 0. The zero-order valence-electron chi connectivity index (χ0n) is 5.09. The van der Waals surface area contributed by atoms with Gasteiger partial charge in [0.2, 0.25) is 6.29 Å². The van der Waals surface area contributed by atoms with Crippen molar-refractivity contribution < 1.29 is 9.59 Å². The van der Waals surface area contributed by atoms with E-state index in [0.29, 0.717) is 6.42 Å². The molecule has 0 unspecified atom stereocenters. The number of rotatable bonds is 5. The summed E-state index contributed by atoms with van der Waals surface area (Å²) in [5.74, 6) is 0. The molecule has 0 atom stereocenters. The van der Waals surface area contributed by atoms with E-state index in [1.807, 2.05) is 0 Å². The highest BCUT2D eigenvalue weighted by Gasteiger charge is 1.80. The summed E-state index contributed by atoms with van der Waals surface area (Å²) in [6.07, 6.45) is 8.34. The standard InChI is InChI=1S/C7H8O2/c8-6-4-2-1-3-5-7-9/h2,4H,1,3,5H2/b4-2+. The minimum atomic E-state index is 0.448. The fourth-order valence-electron chi connectivity index (χ4n) is 0.424. The molecule has 0 fully saturated rings. The lowest BCUT2D eigenvalue weighted by Crippen LogP contribution is -1.73.